The Balaban J connectivity index is 1.08. The van der Waals surface area contributed by atoms with Gasteiger partial charge >= 0.3 is 11.4 Å². The van der Waals surface area contributed by atoms with Gasteiger partial charge in [0.15, 0.2) is 0 Å². The van der Waals surface area contributed by atoms with Crippen molar-refractivity contribution in [2.45, 2.75) is 76.4 Å². The summed E-state index contributed by atoms with van der Waals surface area (Å²) >= 11 is -1.52. The number of hydrogen-bond donors (Lipinski definition) is 0. The molecule has 6 aliphatic rings. The van der Waals surface area contributed by atoms with Crippen molar-refractivity contribution in [3.63, 3.8) is 0 Å². The lowest BCUT2D eigenvalue weighted by Gasteiger charge is -2.32. The second-order valence-corrected chi connectivity index (χ2v) is 10.6. The summed E-state index contributed by atoms with van der Waals surface area (Å²) in [6, 6.07) is 0. The van der Waals surface area contributed by atoms with Gasteiger partial charge in [-0.05, 0) is 98.7 Å². The van der Waals surface area contributed by atoms with Crippen molar-refractivity contribution in [3.8, 4) is 0 Å². The quantitative estimate of drug-likeness (QED) is 0.760. The molecule has 6 aliphatic carbocycles. The molecule has 0 aromatic heterocycles. The first-order valence-electron chi connectivity index (χ1n) is 10.5. The van der Waals surface area contributed by atoms with Gasteiger partial charge in [0, 0.05) is 0 Å². The molecule has 6 rings (SSSR count). The van der Waals surface area contributed by atoms with E-state index in [2.05, 4.69) is 0 Å². The molecule has 0 aliphatic heterocycles. The van der Waals surface area contributed by atoms with E-state index in [9.17, 15) is 4.21 Å². The van der Waals surface area contributed by atoms with Crippen LogP contribution in [-0.4, -0.2) is 16.4 Å². The largest absolute Gasteiger partial charge is 0.305 e. The van der Waals surface area contributed by atoms with Crippen molar-refractivity contribution in [1.29, 1.82) is 0 Å². The molecule has 0 radical (unpaired) electrons. The van der Waals surface area contributed by atoms with E-state index in [0.717, 1.165) is 48.3 Å². The average Bonchev–Trinajstić information content (AvgIpc) is 3.33. The minimum Gasteiger partial charge on any atom is -0.265 e. The lowest BCUT2D eigenvalue weighted by atomic mass is 9.80. The smallest absolute Gasteiger partial charge is 0.265 e. The third-order valence-corrected chi connectivity index (χ3v) is 9.95. The highest BCUT2D eigenvalue weighted by atomic mass is 32.2. The zero-order valence-electron chi connectivity index (χ0n) is 14.5. The van der Waals surface area contributed by atoms with E-state index in [0.29, 0.717) is 11.8 Å². The van der Waals surface area contributed by atoms with Crippen molar-refractivity contribution in [3.05, 3.63) is 0 Å². The van der Waals surface area contributed by atoms with E-state index in [4.69, 9.17) is 8.37 Å². The predicted molar refractivity (Wildman–Crippen MR) is 92.0 cm³/mol. The van der Waals surface area contributed by atoms with Gasteiger partial charge in [0.1, 0.15) is 0 Å². The van der Waals surface area contributed by atoms with Gasteiger partial charge in [-0.15, -0.1) is 0 Å². The summed E-state index contributed by atoms with van der Waals surface area (Å²) in [5.41, 5.74) is 0. The lowest BCUT2D eigenvalue weighted by molar-refractivity contribution is 0.0494. The molecule has 134 valence electrons. The van der Waals surface area contributed by atoms with E-state index < -0.39 is 11.4 Å². The van der Waals surface area contributed by atoms with Crippen molar-refractivity contribution in [2.24, 2.45) is 47.3 Å². The molecule has 0 heterocycles. The highest BCUT2D eigenvalue weighted by molar-refractivity contribution is 7.75. The van der Waals surface area contributed by atoms with Gasteiger partial charge in [-0.25, -0.2) is 0 Å². The predicted octanol–water partition coefficient (Wildman–Crippen LogP) is 4.25. The third kappa shape index (κ3) is 2.11. The Labute approximate surface area is 148 Å². The highest BCUT2D eigenvalue weighted by Gasteiger charge is 2.56. The van der Waals surface area contributed by atoms with Crippen LogP contribution < -0.4 is 0 Å². The maximum atomic E-state index is 12.6. The van der Waals surface area contributed by atoms with Crippen LogP contribution >= 0.6 is 0 Å². The van der Waals surface area contributed by atoms with E-state index in [1.807, 2.05) is 0 Å². The Morgan fingerprint density at radius 3 is 1.54 bits per heavy atom. The summed E-state index contributed by atoms with van der Waals surface area (Å²) < 4.78 is 24.5. The maximum absolute atomic E-state index is 12.6. The van der Waals surface area contributed by atoms with Gasteiger partial charge in [-0.3, -0.25) is 8.37 Å². The van der Waals surface area contributed by atoms with Crippen molar-refractivity contribution in [2.75, 3.05) is 0 Å². The molecule has 6 saturated carbocycles. The third-order valence-electron chi connectivity index (χ3n) is 9.14. The van der Waals surface area contributed by atoms with Crippen molar-refractivity contribution >= 4 is 11.4 Å². The fourth-order valence-electron chi connectivity index (χ4n) is 8.46. The summed E-state index contributed by atoms with van der Waals surface area (Å²) in [4.78, 5) is 0. The van der Waals surface area contributed by atoms with Crippen molar-refractivity contribution in [1.82, 2.24) is 0 Å². The molecule has 0 saturated heterocycles. The summed E-state index contributed by atoms with van der Waals surface area (Å²) in [7, 11) is 0. The van der Waals surface area contributed by atoms with Gasteiger partial charge in [0.05, 0.1) is 12.2 Å². The molecular weight excluding hydrogens is 320 g/mol. The second-order valence-electron chi connectivity index (χ2n) is 9.78. The molecule has 6 fully saturated rings. The monoisotopic (exact) mass is 350 g/mol. The first-order chi connectivity index (χ1) is 11.8. The average molecular weight is 351 g/mol. The zero-order chi connectivity index (χ0) is 15.8. The maximum Gasteiger partial charge on any atom is 0.305 e. The normalized spacial score (nSPS) is 58.3. The van der Waals surface area contributed by atoms with Crippen LogP contribution in [0.4, 0.5) is 0 Å². The molecule has 3 nitrogen and oxygen atoms in total. The van der Waals surface area contributed by atoms with Crippen LogP contribution in [0.3, 0.4) is 0 Å². The van der Waals surface area contributed by atoms with E-state index >= 15 is 0 Å². The van der Waals surface area contributed by atoms with Crippen LogP contribution in [0.15, 0.2) is 0 Å². The van der Waals surface area contributed by atoms with Gasteiger partial charge in [-0.2, -0.15) is 4.21 Å². The number of fused-ring (bicyclic) bond motifs is 10. The Bertz CT molecular complexity index is 505. The molecule has 0 aromatic rings. The van der Waals surface area contributed by atoms with Crippen molar-refractivity contribution < 1.29 is 12.6 Å². The Kier molecular flexibility index (Phi) is 3.49. The fourth-order valence-corrected chi connectivity index (χ4v) is 9.35. The molecule has 24 heavy (non-hydrogen) atoms. The molecule has 4 heteroatoms. The topological polar surface area (TPSA) is 35.5 Å². The summed E-state index contributed by atoms with van der Waals surface area (Å²) in [5.74, 6) is 6.73. The van der Waals surface area contributed by atoms with Crippen LogP contribution in [0.5, 0.6) is 0 Å². The van der Waals surface area contributed by atoms with Crippen LogP contribution in [0, 0.1) is 47.3 Å². The minimum absolute atomic E-state index is 0.216. The van der Waals surface area contributed by atoms with Crippen LogP contribution in [0.2, 0.25) is 0 Å². The molecule has 0 N–H and O–H groups in total. The highest BCUT2D eigenvalue weighted by Crippen LogP contribution is 2.61. The minimum atomic E-state index is -1.52. The first kappa shape index (κ1) is 15.2. The zero-order valence-corrected chi connectivity index (χ0v) is 15.3. The fraction of sp³-hybridized carbons (Fsp3) is 1.00. The van der Waals surface area contributed by atoms with E-state index in [1.54, 1.807) is 0 Å². The van der Waals surface area contributed by atoms with Gasteiger partial charge < -0.3 is 0 Å². The van der Waals surface area contributed by atoms with Crippen LogP contribution in [-0.2, 0) is 19.7 Å². The Morgan fingerprint density at radius 1 is 0.583 bits per heavy atom. The molecule has 11 atom stereocenters. The van der Waals surface area contributed by atoms with Gasteiger partial charge in [0.25, 0.3) is 0 Å². The Morgan fingerprint density at radius 2 is 1.04 bits per heavy atom. The number of rotatable bonds is 4. The molecule has 0 amide bonds. The SMILES string of the molecule is O=S(O[C@H]1C[C@H]2C[C@H]1[C@@H]1CCC[C@H]21)O[C@@H]1C[C@@H]2C[C@@H]1[C@H]1CCC[C@H]21. The summed E-state index contributed by atoms with van der Waals surface area (Å²) in [5, 5.41) is 0. The standard InChI is InChI=1S/C20H30O3S/c21-24(22-19-9-11-7-17(19)15-5-1-3-13(11)15)23-20-10-12-8-18(20)16-6-2-4-14(12)16/h11-20H,1-10H2/t11-,12+,13-,14-,15-,16+,17+,18-,19+,20-,24?/m1/s1. The van der Waals surface area contributed by atoms with E-state index in [1.165, 1.54) is 51.4 Å². The molecule has 0 spiro atoms. The first-order valence-corrected chi connectivity index (χ1v) is 11.5. The van der Waals surface area contributed by atoms with E-state index in [-0.39, 0.29) is 12.2 Å². The summed E-state index contributed by atoms with van der Waals surface area (Å²) in [6.45, 7) is 0. The Hall–Kier alpha value is 0.0700. The molecule has 0 aromatic carbocycles. The second kappa shape index (κ2) is 5.53. The van der Waals surface area contributed by atoms with Gasteiger partial charge in [-0.1, -0.05) is 12.8 Å². The number of hydrogen-bond acceptors (Lipinski definition) is 3. The molecular formula is C20H30O3S. The molecule has 1 unspecified atom stereocenters. The van der Waals surface area contributed by atoms with Crippen LogP contribution in [0.1, 0.15) is 64.2 Å². The van der Waals surface area contributed by atoms with Crippen LogP contribution in [0.25, 0.3) is 0 Å². The molecule has 4 bridgehead atoms. The lowest BCUT2D eigenvalue weighted by Crippen LogP contribution is -2.34. The summed E-state index contributed by atoms with van der Waals surface area (Å²) in [6.07, 6.45) is 13.8. The van der Waals surface area contributed by atoms with Gasteiger partial charge in [0.2, 0.25) is 0 Å².